The lowest BCUT2D eigenvalue weighted by Gasteiger charge is -2.18. The maximum atomic E-state index is 12.3. The zero-order chi connectivity index (χ0) is 13.9. The molecule has 0 spiro atoms. The molecule has 1 aliphatic rings. The second-order valence-electron chi connectivity index (χ2n) is 5.01. The van der Waals surface area contributed by atoms with Crippen LogP contribution >= 0.6 is 0 Å². The lowest BCUT2D eigenvalue weighted by atomic mass is 10.1. The third kappa shape index (κ3) is 2.39. The summed E-state index contributed by atoms with van der Waals surface area (Å²) >= 11 is 0. The number of benzene rings is 2. The largest absolute Gasteiger partial charge is 0.326 e. The van der Waals surface area contributed by atoms with Gasteiger partial charge in [-0.15, -0.1) is 0 Å². The van der Waals surface area contributed by atoms with Crippen molar-refractivity contribution in [3.8, 4) is 0 Å². The van der Waals surface area contributed by atoms with Gasteiger partial charge in [-0.25, -0.2) is 4.79 Å². The first-order chi connectivity index (χ1) is 9.78. The number of nitrogens with zero attached hydrogens (tertiary/aromatic N) is 1. The lowest BCUT2D eigenvalue weighted by molar-refractivity contribution is 0.257. The molecule has 3 rings (SSSR count). The van der Waals surface area contributed by atoms with Gasteiger partial charge in [-0.3, -0.25) is 4.90 Å². The minimum absolute atomic E-state index is 0.0563. The van der Waals surface area contributed by atoms with Crippen molar-refractivity contribution in [2.45, 2.75) is 19.8 Å². The first-order valence-electron chi connectivity index (χ1n) is 7.03. The van der Waals surface area contributed by atoms with Crippen molar-refractivity contribution in [1.82, 2.24) is 0 Å². The van der Waals surface area contributed by atoms with E-state index in [1.165, 1.54) is 11.1 Å². The van der Waals surface area contributed by atoms with Gasteiger partial charge in [0.1, 0.15) is 0 Å². The molecular formula is C17H18N2O. The van der Waals surface area contributed by atoms with Crippen LogP contribution in [0.15, 0.2) is 48.5 Å². The van der Waals surface area contributed by atoms with Crippen molar-refractivity contribution < 1.29 is 4.79 Å². The molecule has 0 bridgehead atoms. The number of amides is 2. The van der Waals surface area contributed by atoms with Crippen molar-refractivity contribution in [2.24, 2.45) is 0 Å². The molecule has 0 atom stereocenters. The van der Waals surface area contributed by atoms with Crippen LogP contribution in [0.25, 0.3) is 0 Å². The molecule has 0 saturated carbocycles. The van der Waals surface area contributed by atoms with Crippen LogP contribution in [0.2, 0.25) is 0 Å². The van der Waals surface area contributed by atoms with Gasteiger partial charge >= 0.3 is 6.03 Å². The predicted molar refractivity (Wildman–Crippen MR) is 82.3 cm³/mol. The molecule has 102 valence electrons. The van der Waals surface area contributed by atoms with Crippen molar-refractivity contribution in [3.63, 3.8) is 0 Å². The number of urea groups is 1. The molecule has 20 heavy (non-hydrogen) atoms. The molecule has 1 N–H and O–H groups in total. The summed E-state index contributed by atoms with van der Waals surface area (Å²) in [5.41, 5.74) is 4.38. The summed E-state index contributed by atoms with van der Waals surface area (Å²) in [5, 5.41) is 2.96. The molecule has 3 heteroatoms. The van der Waals surface area contributed by atoms with E-state index in [4.69, 9.17) is 0 Å². The van der Waals surface area contributed by atoms with Gasteiger partial charge < -0.3 is 5.32 Å². The van der Waals surface area contributed by atoms with Gasteiger partial charge in [0.25, 0.3) is 0 Å². The van der Waals surface area contributed by atoms with Crippen LogP contribution in [0.4, 0.5) is 16.2 Å². The summed E-state index contributed by atoms with van der Waals surface area (Å²) in [6.45, 7) is 2.87. The Balaban J connectivity index is 1.74. The van der Waals surface area contributed by atoms with Gasteiger partial charge in [-0.1, -0.05) is 37.3 Å². The zero-order valence-electron chi connectivity index (χ0n) is 11.6. The van der Waals surface area contributed by atoms with Crippen molar-refractivity contribution >= 4 is 17.4 Å². The Labute approximate surface area is 119 Å². The summed E-state index contributed by atoms with van der Waals surface area (Å²) in [7, 11) is 0. The average molecular weight is 266 g/mol. The van der Waals surface area contributed by atoms with E-state index in [0.717, 1.165) is 30.8 Å². The highest BCUT2D eigenvalue weighted by Gasteiger charge is 2.23. The standard InChI is InChI=1S/C17H18N2O/c1-2-13-7-9-15(10-8-13)18-17(20)19-12-11-14-5-3-4-6-16(14)19/h3-10H,2,11-12H2,1H3,(H,18,20). The van der Waals surface area contributed by atoms with Crippen LogP contribution in [-0.4, -0.2) is 12.6 Å². The monoisotopic (exact) mass is 266 g/mol. The van der Waals surface area contributed by atoms with Crippen LogP contribution in [0, 0.1) is 0 Å². The molecule has 3 nitrogen and oxygen atoms in total. The van der Waals surface area contributed by atoms with Gasteiger partial charge in [-0.2, -0.15) is 0 Å². The molecule has 1 heterocycles. The van der Waals surface area contributed by atoms with E-state index in [9.17, 15) is 4.79 Å². The molecule has 2 aromatic rings. The van der Waals surface area contributed by atoms with E-state index in [1.54, 1.807) is 0 Å². The second kappa shape index (κ2) is 5.37. The Morgan fingerprint density at radius 3 is 2.65 bits per heavy atom. The summed E-state index contributed by atoms with van der Waals surface area (Å²) in [6, 6.07) is 16.0. The number of nitrogens with one attached hydrogen (secondary N) is 1. The molecule has 0 unspecified atom stereocenters. The molecule has 2 aromatic carbocycles. The van der Waals surface area contributed by atoms with E-state index in [2.05, 4.69) is 18.3 Å². The maximum Gasteiger partial charge on any atom is 0.326 e. The van der Waals surface area contributed by atoms with Gasteiger partial charge in [0.2, 0.25) is 0 Å². The second-order valence-corrected chi connectivity index (χ2v) is 5.01. The number of anilines is 2. The third-order valence-corrected chi connectivity index (χ3v) is 3.75. The maximum absolute atomic E-state index is 12.3. The topological polar surface area (TPSA) is 32.3 Å². The average Bonchev–Trinajstić information content (AvgIpc) is 2.92. The number of rotatable bonds is 2. The molecular weight excluding hydrogens is 248 g/mol. The van der Waals surface area contributed by atoms with Crippen LogP contribution in [0.3, 0.4) is 0 Å². The summed E-state index contributed by atoms with van der Waals surface area (Å²) in [4.78, 5) is 14.2. The molecule has 0 fully saturated rings. The van der Waals surface area contributed by atoms with Crippen molar-refractivity contribution in [2.75, 3.05) is 16.8 Å². The Bertz CT molecular complexity index is 619. The third-order valence-electron chi connectivity index (χ3n) is 3.75. The fraction of sp³-hybridized carbons (Fsp3) is 0.235. The van der Waals surface area contributed by atoms with Gasteiger partial charge in [-0.05, 0) is 42.2 Å². The number of hydrogen-bond donors (Lipinski definition) is 1. The number of hydrogen-bond acceptors (Lipinski definition) is 1. The van der Waals surface area contributed by atoms with Crippen LogP contribution in [-0.2, 0) is 12.8 Å². The molecule has 0 radical (unpaired) electrons. The smallest absolute Gasteiger partial charge is 0.308 e. The fourth-order valence-electron chi connectivity index (χ4n) is 2.56. The van der Waals surface area contributed by atoms with Gasteiger partial charge in [0.05, 0.1) is 0 Å². The Kier molecular flexibility index (Phi) is 3.42. The quantitative estimate of drug-likeness (QED) is 0.880. The van der Waals surface area contributed by atoms with Crippen molar-refractivity contribution in [1.29, 1.82) is 0 Å². The first kappa shape index (κ1) is 12.7. The molecule has 1 aliphatic heterocycles. The van der Waals surface area contributed by atoms with E-state index in [-0.39, 0.29) is 6.03 Å². The summed E-state index contributed by atoms with van der Waals surface area (Å²) < 4.78 is 0. The zero-order valence-corrected chi connectivity index (χ0v) is 11.6. The minimum atomic E-state index is -0.0563. The van der Waals surface area contributed by atoms with E-state index >= 15 is 0 Å². The number of aryl methyl sites for hydroxylation is 1. The molecule has 2 amide bonds. The Morgan fingerprint density at radius 2 is 1.90 bits per heavy atom. The highest BCUT2D eigenvalue weighted by molar-refractivity contribution is 6.03. The first-order valence-corrected chi connectivity index (χ1v) is 7.03. The van der Waals surface area contributed by atoms with Crippen LogP contribution in [0.5, 0.6) is 0 Å². The molecule has 0 aliphatic carbocycles. The number of carbonyl (C=O) groups is 1. The van der Waals surface area contributed by atoms with E-state index in [1.807, 2.05) is 47.4 Å². The molecule has 0 aromatic heterocycles. The summed E-state index contributed by atoms with van der Waals surface area (Å²) in [5.74, 6) is 0. The minimum Gasteiger partial charge on any atom is -0.308 e. The van der Waals surface area contributed by atoms with Gasteiger partial charge in [0.15, 0.2) is 0 Å². The normalized spacial score (nSPS) is 13.2. The highest BCUT2D eigenvalue weighted by Crippen LogP contribution is 2.27. The van der Waals surface area contributed by atoms with Crippen LogP contribution < -0.4 is 10.2 Å². The lowest BCUT2D eigenvalue weighted by Crippen LogP contribution is -2.33. The number of fused-ring (bicyclic) bond motifs is 1. The van der Waals surface area contributed by atoms with Crippen molar-refractivity contribution in [3.05, 3.63) is 59.7 Å². The fourth-order valence-corrected chi connectivity index (χ4v) is 2.56. The summed E-state index contributed by atoms with van der Waals surface area (Å²) in [6.07, 6.45) is 1.94. The number of para-hydroxylation sites is 1. The van der Waals surface area contributed by atoms with E-state index in [0.29, 0.717) is 0 Å². The van der Waals surface area contributed by atoms with Crippen LogP contribution in [0.1, 0.15) is 18.1 Å². The Hall–Kier alpha value is -2.29. The highest BCUT2D eigenvalue weighted by atomic mass is 16.2. The SMILES string of the molecule is CCc1ccc(NC(=O)N2CCc3ccccc32)cc1. The van der Waals surface area contributed by atoms with Gasteiger partial charge in [0, 0.05) is 17.9 Å². The molecule has 0 saturated heterocycles. The predicted octanol–water partition coefficient (Wildman–Crippen LogP) is 3.84. The van der Waals surface area contributed by atoms with E-state index < -0.39 is 0 Å². The Morgan fingerprint density at radius 1 is 1.15 bits per heavy atom. The number of carbonyl (C=O) groups excluding carboxylic acids is 1.